The van der Waals surface area contributed by atoms with Crippen molar-refractivity contribution in [1.29, 1.82) is 0 Å². The van der Waals surface area contributed by atoms with Crippen LogP contribution in [0.3, 0.4) is 0 Å². The monoisotopic (exact) mass is 426 g/mol. The molecular formula is C23H17F3N2O3. The van der Waals surface area contributed by atoms with Crippen LogP contribution in [0.25, 0.3) is 22.1 Å². The van der Waals surface area contributed by atoms with E-state index in [1.807, 2.05) is 30.3 Å². The van der Waals surface area contributed by atoms with E-state index in [1.165, 1.54) is 19.2 Å². The van der Waals surface area contributed by atoms with Crippen molar-refractivity contribution in [3.8, 4) is 16.9 Å². The zero-order valence-electron chi connectivity index (χ0n) is 16.3. The average Bonchev–Trinajstić information content (AvgIpc) is 3.16. The van der Waals surface area contributed by atoms with Gasteiger partial charge in [0.1, 0.15) is 11.3 Å². The van der Waals surface area contributed by atoms with Crippen molar-refractivity contribution in [2.45, 2.75) is 6.18 Å². The molecule has 31 heavy (non-hydrogen) atoms. The molecule has 0 aliphatic carbocycles. The molecule has 4 rings (SSSR count). The molecule has 3 aromatic carbocycles. The van der Waals surface area contributed by atoms with Gasteiger partial charge in [-0.2, -0.15) is 13.2 Å². The topological polar surface area (TPSA) is 63.5 Å². The molecule has 1 amide bonds. The van der Waals surface area contributed by atoms with Gasteiger partial charge in [0, 0.05) is 17.0 Å². The largest absolute Gasteiger partial charge is 0.497 e. The van der Waals surface area contributed by atoms with E-state index in [2.05, 4.69) is 10.9 Å². The fourth-order valence-corrected chi connectivity index (χ4v) is 3.21. The maximum absolute atomic E-state index is 12.9. The maximum atomic E-state index is 12.9. The smallest absolute Gasteiger partial charge is 0.416 e. The Bertz CT molecular complexity index is 1230. The zero-order chi connectivity index (χ0) is 22.0. The number of carbonyl (C=O) groups is 1. The molecule has 1 heterocycles. The molecule has 5 nitrogen and oxygen atoms in total. The number of benzene rings is 3. The number of anilines is 1. The van der Waals surface area contributed by atoms with E-state index in [9.17, 15) is 18.0 Å². The second-order valence-electron chi connectivity index (χ2n) is 6.69. The Labute approximate surface area is 175 Å². The van der Waals surface area contributed by atoms with Crippen molar-refractivity contribution >= 4 is 22.6 Å². The number of alkyl halides is 3. The summed E-state index contributed by atoms with van der Waals surface area (Å²) in [5.41, 5.74) is 5.97. The summed E-state index contributed by atoms with van der Waals surface area (Å²) in [6, 6.07) is 18.9. The van der Waals surface area contributed by atoms with E-state index in [1.54, 1.807) is 18.2 Å². The van der Waals surface area contributed by atoms with Crippen LogP contribution in [0.5, 0.6) is 5.75 Å². The van der Waals surface area contributed by atoms with Crippen LogP contribution >= 0.6 is 0 Å². The predicted molar refractivity (Wildman–Crippen MR) is 111 cm³/mol. The van der Waals surface area contributed by atoms with Gasteiger partial charge >= 0.3 is 12.1 Å². The second kappa shape index (κ2) is 8.06. The second-order valence-corrected chi connectivity index (χ2v) is 6.69. The number of carbonyl (C=O) groups excluding carboxylic acids is 1. The fourth-order valence-electron chi connectivity index (χ4n) is 3.21. The first kappa shape index (κ1) is 20.3. The van der Waals surface area contributed by atoms with E-state index >= 15 is 0 Å². The Kier molecular flexibility index (Phi) is 5.29. The summed E-state index contributed by atoms with van der Waals surface area (Å²) in [5, 5.41) is 0.705. The van der Waals surface area contributed by atoms with Crippen molar-refractivity contribution in [3.63, 3.8) is 0 Å². The van der Waals surface area contributed by atoms with Gasteiger partial charge in [0.2, 0.25) is 5.76 Å². The van der Waals surface area contributed by atoms with Crippen LogP contribution in [0.1, 0.15) is 16.1 Å². The molecule has 0 atom stereocenters. The van der Waals surface area contributed by atoms with Gasteiger partial charge in [-0.25, -0.2) is 0 Å². The molecule has 2 N–H and O–H groups in total. The molecule has 4 aromatic rings. The Morgan fingerprint density at radius 1 is 0.968 bits per heavy atom. The molecule has 0 bridgehead atoms. The summed E-state index contributed by atoms with van der Waals surface area (Å²) >= 11 is 0. The molecule has 158 valence electrons. The van der Waals surface area contributed by atoms with Gasteiger partial charge in [0.15, 0.2) is 0 Å². The molecule has 0 aliphatic heterocycles. The van der Waals surface area contributed by atoms with Crippen LogP contribution < -0.4 is 15.6 Å². The van der Waals surface area contributed by atoms with Gasteiger partial charge in [0.05, 0.1) is 18.4 Å². The molecule has 1 aromatic heterocycles. The fraction of sp³-hybridized carbons (Fsp3) is 0.0870. The average molecular weight is 426 g/mol. The Morgan fingerprint density at radius 2 is 1.74 bits per heavy atom. The normalized spacial score (nSPS) is 11.4. The maximum Gasteiger partial charge on any atom is 0.416 e. The van der Waals surface area contributed by atoms with Gasteiger partial charge in [-0.05, 0) is 35.9 Å². The first-order chi connectivity index (χ1) is 14.9. The zero-order valence-corrected chi connectivity index (χ0v) is 16.3. The first-order valence-electron chi connectivity index (χ1n) is 9.26. The number of methoxy groups -OCH3 is 1. The highest BCUT2D eigenvalue weighted by Crippen LogP contribution is 2.36. The Balaban J connectivity index is 1.68. The third-order valence-corrected chi connectivity index (χ3v) is 4.68. The van der Waals surface area contributed by atoms with Crippen LogP contribution in [0, 0.1) is 0 Å². The van der Waals surface area contributed by atoms with Crippen LogP contribution in [-0.4, -0.2) is 13.0 Å². The minimum Gasteiger partial charge on any atom is -0.497 e. The number of hydrogen-bond acceptors (Lipinski definition) is 4. The highest BCUT2D eigenvalue weighted by Gasteiger charge is 2.30. The van der Waals surface area contributed by atoms with Crippen molar-refractivity contribution in [2.24, 2.45) is 0 Å². The van der Waals surface area contributed by atoms with Crippen molar-refractivity contribution in [1.82, 2.24) is 5.43 Å². The molecule has 0 saturated carbocycles. The number of hydrazine groups is 1. The van der Waals surface area contributed by atoms with Crippen molar-refractivity contribution in [3.05, 3.63) is 84.1 Å². The lowest BCUT2D eigenvalue weighted by Gasteiger charge is -2.11. The van der Waals surface area contributed by atoms with Gasteiger partial charge in [-0.15, -0.1) is 0 Å². The number of nitrogens with one attached hydrogen (secondary N) is 2. The van der Waals surface area contributed by atoms with Gasteiger partial charge in [0.25, 0.3) is 0 Å². The third kappa shape index (κ3) is 4.18. The first-order valence-corrected chi connectivity index (χ1v) is 9.26. The molecule has 0 saturated heterocycles. The highest BCUT2D eigenvalue weighted by molar-refractivity contribution is 6.08. The quantitative estimate of drug-likeness (QED) is 0.391. The molecule has 8 heteroatoms. The van der Waals surface area contributed by atoms with Gasteiger partial charge < -0.3 is 9.15 Å². The Morgan fingerprint density at radius 3 is 2.45 bits per heavy atom. The van der Waals surface area contributed by atoms with E-state index in [0.717, 1.165) is 17.7 Å². The number of rotatable bonds is 5. The standard InChI is InChI=1S/C23H17F3N2O3/c1-30-17-10-11-18-19(13-17)31-21(20(18)14-6-3-2-4-7-14)22(29)28-27-16-9-5-8-15(12-16)23(24,25)26/h2-13,27H,1H3,(H,28,29). The number of ether oxygens (including phenoxy) is 1. The van der Waals surface area contributed by atoms with E-state index < -0.39 is 17.6 Å². The van der Waals surface area contributed by atoms with E-state index in [0.29, 0.717) is 22.3 Å². The number of hydrogen-bond donors (Lipinski definition) is 2. The van der Waals surface area contributed by atoms with Crippen molar-refractivity contribution < 1.29 is 27.1 Å². The van der Waals surface area contributed by atoms with Crippen LogP contribution in [-0.2, 0) is 6.18 Å². The van der Waals surface area contributed by atoms with E-state index in [-0.39, 0.29) is 11.4 Å². The molecule has 0 unspecified atom stereocenters. The molecule has 0 fully saturated rings. The van der Waals surface area contributed by atoms with E-state index in [4.69, 9.17) is 9.15 Å². The number of furan rings is 1. The lowest BCUT2D eigenvalue weighted by molar-refractivity contribution is -0.137. The minimum absolute atomic E-state index is 0.0222. The summed E-state index contributed by atoms with van der Waals surface area (Å²) in [6.45, 7) is 0. The summed E-state index contributed by atoms with van der Waals surface area (Å²) in [6.07, 6.45) is -4.49. The van der Waals surface area contributed by atoms with Crippen LogP contribution in [0.2, 0.25) is 0 Å². The molecule has 0 aliphatic rings. The predicted octanol–water partition coefficient (Wildman–Crippen LogP) is 5.88. The summed E-state index contributed by atoms with van der Waals surface area (Å²) in [7, 11) is 1.52. The third-order valence-electron chi connectivity index (χ3n) is 4.68. The van der Waals surface area contributed by atoms with Crippen LogP contribution in [0.4, 0.5) is 18.9 Å². The Hall–Kier alpha value is -3.94. The van der Waals surface area contributed by atoms with Crippen LogP contribution in [0.15, 0.2) is 77.2 Å². The lowest BCUT2D eigenvalue weighted by Crippen LogP contribution is -2.29. The van der Waals surface area contributed by atoms with Gasteiger partial charge in [-0.3, -0.25) is 15.6 Å². The summed E-state index contributed by atoms with van der Waals surface area (Å²) < 4.78 is 49.8. The molecule has 0 radical (unpaired) electrons. The van der Waals surface area contributed by atoms with Gasteiger partial charge in [-0.1, -0.05) is 36.4 Å². The number of amides is 1. The molecular weight excluding hydrogens is 409 g/mol. The summed E-state index contributed by atoms with van der Waals surface area (Å²) in [5.74, 6) is -0.0460. The minimum atomic E-state index is -4.49. The highest BCUT2D eigenvalue weighted by atomic mass is 19.4. The summed E-state index contributed by atoms with van der Waals surface area (Å²) in [4.78, 5) is 12.9. The number of fused-ring (bicyclic) bond motifs is 1. The molecule has 0 spiro atoms. The number of halogens is 3. The lowest BCUT2D eigenvalue weighted by atomic mass is 10.0. The SMILES string of the molecule is COc1ccc2c(-c3ccccc3)c(C(=O)NNc3cccc(C(F)(F)F)c3)oc2c1. The van der Waals surface area contributed by atoms with Crippen molar-refractivity contribution in [2.75, 3.05) is 12.5 Å².